The lowest BCUT2D eigenvalue weighted by Crippen LogP contribution is -2.40. The molecule has 0 bridgehead atoms. The van der Waals surface area contributed by atoms with E-state index in [4.69, 9.17) is 21.1 Å². The summed E-state index contributed by atoms with van der Waals surface area (Å²) >= 11 is 0. The van der Waals surface area contributed by atoms with Crippen molar-refractivity contribution < 1.29 is 19.1 Å². The van der Waals surface area contributed by atoms with Gasteiger partial charge in [0.25, 0.3) is 5.91 Å². The van der Waals surface area contributed by atoms with Crippen LogP contribution in [0.2, 0.25) is 0 Å². The number of methoxy groups -OCH3 is 1. The first-order valence-electron chi connectivity index (χ1n) is 8.26. The topological polar surface area (TPSA) is 120 Å². The summed E-state index contributed by atoms with van der Waals surface area (Å²) in [7, 11) is 1.58. The van der Waals surface area contributed by atoms with Gasteiger partial charge in [-0.3, -0.25) is 15.0 Å². The molecular weight excluding hydrogens is 348 g/mol. The van der Waals surface area contributed by atoms with Gasteiger partial charge in [-0.25, -0.2) is 5.84 Å². The number of carbonyl (C=O) groups is 2. The van der Waals surface area contributed by atoms with E-state index in [9.17, 15) is 9.59 Å². The summed E-state index contributed by atoms with van der Waals surface area (Å²) < 4.78 is 10.9. The van der Waals surface area contributed by atoms with Crippen molar-refractivity contribution in [2.75, 3.05) is 24.3 Å². The maximum atomic E-state index is 12.9. The Hall–Kier alpha value is -3.52. The van der Waals surface area contributed by atoms with Crippen LogP contribution in [-0.4, -0.2) is 25.5 Å². The van der Waals surface area contributed by atoms with E-state index >= 15 is 0 Å². The number of hydrogen-bond acceptors (Lipinski definition) is 6. The standard InChI is InChI=1S/C19H20N4O4/c1-26-14-5-2-12(3-6-14)10-17-19(25)23(9-8-18(24)22-21)15-11-13(20)4-7-16(15)27-17/h2-7,10-11H,8-9,20-21H2,1H3,(H,22,24)/b17-10+. The van der Waals surface area contributed by atoms with E-state index in [0.717, 1.165) is 5.56 Å². The molecule has 0 atom stereocenters. The van der Waals surface area contributed by atoms with E-state index in [1.165, 1.54) is 4.90 Å². The fourth-order valence-electron chi connectivity index (χ4n) is 2.69. The minimum Gasteiger partial charge on any atom is -0.497 e. The van der Waals surface area contributed by atoms with E-state index in [1.807, 2.05) is 12.1 Å². The molecule has 0 saturated carbocycles. The molecule has 8 heteroatoms. The highest BCUT2D eigenvalue weighted by molar-refractivity contribution is 6.10. The molecule has 0 aromatic heterocycles. The normalized spacial score (nSPS) is 14.5. The number of nitrogens with one attached hydrogen (secondary N) is 1. The van der Waals surface area contributed by atoms with Crippen molar-refractivity contribution in [2.24, 2.45) is 5.84 Å². The van der Waals surface area contributed by atoms with E-state index in [0.29, 0.717) is 22.9 Å². The lowest BCUT2D eigenvalue weighted by atomic mass is 10.1. The molecule has 5 N–H and O–H groups in total. The SMILES string of the molecule is COc1ccc(/C=C2/Oc3ccc(N)cc3N(CCC(=O)NN)C2=O)cc1. The van der Waals surface area contributed by atoms with Crippen LogP contribution in [0, 0.1) is 0 Å². The van der Waals surface area contributed by atoms with Crippen molar-refractivity contribution in [1.29, 1.82) is 0 Å². The van der Waals surface area contributed by atoms with Crippen LogP contribution in [0.5, 0.6) is 11.5 Å². The number of nitrogens with zero attached hydrogens (tertiary/aromatic N) is 1. The van der Waals surface area contributed by atoms with Crippen LogP contribution in [0.15, 0.2) is 48.2 Å². The van der Waals surface area contributed by atoms with Crippen LogP contribution in [0.1, 0.15) is 12.0 Å². The molecule has 27 heavy (non-hydrogen) atoms. The Morgan fingerprint density at radius 2 is 2.00 bits per heavy atom. The third-order valence-electron chi connectivity index (χ3n) is 4.09. The second-order valence-corrected chi connectivity index (χ2v) is 5.89. The molecule has 2 amide bonds. The fourth-order valence-corrected chi connectivity index (χ4v) is 2.69. The first-order chi connectivity index (χ1) is 13.0. The highest BCUT2D eigenvalue weighted by Gasteiger charge is 2.30. The highest BCUT2D eigenvalue weighted by Crippen LogP contribution is 2.37. The molecule has 0 aliphatic carbocycles. The van der Waals surface area contributed by atoms with Crippen LogP contribution >= 0.6 is 0 Å². The number of nitrogens with two attached hydrogens (primary N) is 2. The van der Waals surface area contributed by atoms with Crippen molar-refractivity contribution >= 4 is 29.3 Å². The van der Waals surface area contributed by atoms with Gasteiger partial charge in [-0.2, -0.15) is 0 Å². The summed E-state index contributed by atoms with van der Waals surface area (Å²) in [5, 5.41) is 0. The number of amides is 2. The Kier molecular flexibility index (Phi) is 5.28. The maximum Gasteiger partial charge on any atom is 0.294 e. The fraction of sp³-hybridized carbons (Fsp3) is 0.158. The summed E-state index contributed by atoms with van der Waals surface area (Å²) in [5.74, 6) is 5.72. The van der Waals surface area contributed by atoms with Crippen LogP contribution in [0.4, 0.5) is 11.4 Å². The number of nitrogen functional groups attached to an aromatic ring is 1. The first-order valence-corrected chi connectivity index (χ1v) is 8.26. The average molecular weight is 368 g/mol. The number of rotatable bonds is 5. The van der Waals surface area contributed by atoms with E-state index in [1.54, 1.807) is 43.5 Å². The van der Waals surface area contributed by atoms with Gasteiger partial charge in [0, 0.05) is 18.7 Å². The number of ether oxygens (including phenoxy) is 2. The Morgan fingerprint density at radius 1 is 1.26 bits per heavy atom. The summed E-state index contributed by atoms with van der Waals surface area (Å²) in [6.45, 7) is 0.141. The summed E-state index contributed by atoms with van der Waals surface area (Å²) in [6, 6.07) is 12.2. The number of hydrogen-bond donors (Lipinski definition) is 3. The maximum absolute atomic E-state index is 12.9. The molecule has 8 nitrogen and oxygen atoms in total. The molecule has 0 fully saturated rings. The molecule has 1 heterocycles. The van der Waals surface area contributed by atoms with Crippen LogP contribution in [0.25, 0.3) is 6.08 Å². The molecule has 3 rings (SSSR count). The summed E-state index contributed by atoms with van der Waals surface area (Å²) in [4.78, 5) is 25.9. The average Bonchev–Trinajstić information content (AvgIpc) is 2.68. The Morgan fingerprint density at radius 3 is 2.67 bits per heavy atom. The smallest absolute Gasteiger partial charge is 0.294 e. The van der Waals surface area contributed by atoms with Crippen LogP contribution in [-0.2, 0) is 9.59 Å². The lowest BCUT2D eigenvalue weighted by molar-refractivity contribution is -0.121. The van der Waals surface area contributed by atoms with E-state index < -0.39 is 0 Å². The number of anilines is 2. The van der Waals surface area contributed by atoms with Crippen molar-refractivity contribution in [3.63, 3.8) is 0 Å². The van der Waals surface area contributed by atoms with Crippen LogP contribution in [0.3, 0.4) is 0 Å². The van der Waals surface area contributed by atoms with Crippen molar-refractivity contribution in [2.45, 2.75) is 6.42 Å². The van der Waals surface area contributed by atoms with E-state index in [-0.39, 0.29) is 30.5 Å². The predicted molar refractivity (Wildman–Crippen MR) is 102 cm³/mol. The zero-order chi connectivity index (χ0) is 19.4. The lowest BCUT2D eigenvalue weighted by Gasteiger charge is -2.30. The van der Waals surface area contributed by atoms with Gasteiger partial charge in [-0.15, -0.1) is 0 Å². The Labute approximate surface area is 156 Å². The molecule has 2 aromatic rings. The molecule has 140 valence electrons. The molecule has 0 radical (unpaired) electrons. The number of hydrazine groups is 1. The minimum absolute atomic E-state index is 0.0479. The molecule has 0 spiro atoms. The Balaban J connectivity index is 1.94. The summed E-state index contributed by atoms with van der Waals surface area (Å²) in [5.41, 5.74) is 9.67. The number of carbonyl (C=O) groups excluding carboxylic acids is 2. The largest absolute Gasteiger partial charge is 0.497 e. The third kappa shape index (κ3) is 4.01. The van der Waals surface area contributed by atoms with Gasteiger partial charge < -0.3 is 20.1 Å². The van der Waals surface area contributed by atoms with Gasteiger partial charge in [0.15, 0.2) is 11.5 Å². The monoisotopic (exact) mass is 368 g/mol. The number of fused-ring (bicyclic) bond motifs is 1. The van der Waals surface area contributed by atoms with Gasteiger partial charge in [0.05, 0.1) is 12.8 Å². The zero-order valence-corrected chi connectivity index (χ0v) is 14.8. The molecule has 0 saturated heterocycles. The third-order valence-corrected chi connectivity index (χ3v) is 4.09. The molecule has 1 aliphatic rings. The number of benzene rings is 2. The Bertz CT molecular complexity index is 893. The van der Waals surface area contributed by atoms with Gasteiger partial charge in [-0.1, -0.05) is 12.1 Å². The van der Waals surface area contributed by atoms with Crippen molar-refractivity contribution in [3.05, 3.63) is 53.8 Å². The minimum atomic E-state index is -0.375. The van der Waals surface area contributed by atoms with Gasteiger partial charge in [-0.05, 0) is 42.0 Å². The second-order valence-electron chi connectivity index (χ2n) is 5.89. The summed E-state index contributed by atoms with van der Waals surface area (Å²) in [6.07, 6.45) is 1.68. The van der Waals surface area contributed by atoms with Crippen LogP contribution < -0.4 is 31.4 Å². The van der Waals surface area contributed by atoms with Gasteiger partial charge in [0.2, 0.25) is 5.91 Å². The quantitative estimate of drug-likeness (QED) is 0.241. The molecular formula is C19H20N4O4. The van der Waals surface area contributed by atoms with Gasteiger partial charge in [0.1, 0.15) is 5.75 Å². The molecule has 2 aromatic carbocycles. The highest BCUT2D eigenvalue weighted by atomic mass is 16.5. The zero-order valence-electron chi connectivity index (χ0n) is 14.8. The van der Waals surface area contributed by atoms with Gasteiger partial charge >= 0.3 is 0 Å². The first kappa shape index (κ1) is 18.3. The van der Waals surface area contributed by atoms with E-state index in [2.05, 4.69) is 5.43 Å². The second kappa shape index (κ2) is 7.79. The molecule has 1 aliphatic heterocycles. The molecule has 0 unspecified atom stereocenters. The van der Waals surface area contributed by atoms with Crippen molar-refractivity contribution in [3.8, 4) is 11.5 Å². The predicted octanol–water partition coefficient (Wildman–Crippen LogP) is 1.42. The van der Waals surface area contributed by atoms with Crippen molar-refractivity contribution in [1.82, 2.24) is 5.43 Å².